The first-order chi connectivity index (χ1) is 12.1. The Hall–Kier alpha value is -3.22. The van der Waals surface area contributed by atoms with Gasteiger partial charge in [-0.2, -0.15) is 5.10 Å². The summed E-state index contributed by atoms with van der Waals surface area (Å²) in [6.45, 7) is 4.44. The van der Waals surface area contributed by atoms with Gasteiger partial charge in [-0.1, -0.05) is 12.1 Å². The molecule has 1 amide bonds. The first-order valence-electron chi connectivity index (χ1n) is 8.03. The third-order valence-electron chi connectivity index (χ3n) is 3.98. The second-order valence-corrected chi connectivity index (χ2v) is 5.76. The van der Waals surface area contributed by atoms with E-state index in [0.29, 0.717) is 17.9 Å². The third-order valence-corrected chi connectivity index (χ3v) is 3.98. The van der Waals surface area contributed by atoms with E-state index < -0.39 is 0 Å². The Kier molecular flexibility index (Phi) is 5.03. The van der Waals surface area contributed by atoms with Crippen LogP contribution in [-0.2, 0) is 6.54 Å². The SMILES string of the molecule is Cc1c(NCc2cccnc2)cccc1C(=O)NC(C)c1ncn[nH]1. The van der Waals surface area contributed by atoms with Crippen molar-refractivity contribution in [1.29, 1.82) is 0 Å². The van der Waals surface area contributed by atoms with E-state index in [1.807, 2.05) is 50.4 Å². The molecule has 0 aliphatic carbocycles. The van der Waals surface area contributed by atoms with Gasteiger partial charge in [-0.15, -0.1) is 0 Å². The van der Waals surface area contributed by atoms with Crippen molar-refractivity contribution >= 4 is 11.6 Å². The van der Waals surface area contributed by atoms with Crippen LogP contribution in [0.25, 0.3) is 0 Å². The average molecular weight is 336 g/mol. The van der Waals surface area contributed by atoms with Gasteiger partial charge < -0.3 is 10.6 Å². The third kappa shape index (κ3) is 4.00. The first-order valence-corrected chi connectivity index (χ1v) is 8.03. The normalized spacial score (nSPS) is 11.8. The highest BCUT2D eigenvalue weighted by atomic mass is 16.1. The van der Waals surface area contributed by atoms with Crippen LogP contribution in [0, 0.1) is 6.92 Å². The Bertz CT molecular complexity index is 832. The van der Waals surface area contributed by atoms with Crippen molar-refractivity contribution in [2.45, 2.75) is 26.4 Å². The molecule has 0 aliphatic heterocycles. The zero-order valence-electron chi connectivity index (χ0n) is 14.2. The number of anilines is 1. The Morgan fingerprint density at radius 1 is 1.28 bits per heavy atom. The summed E-state index contributed by atoms with van der Waals surface area (Å²) in [4.78, 5) is 20.8. The number of carbonyl (C=O) groups is 1. The second-order valence-electron chi connectivity index (χ2n) is 5.76. The van der Waals surface area contributed by atoms with Crippen LogP contribution < -0.4 is 10.6 Å². The average Bonchev–Trinajstić information content (AvgIpc) is 3.16. The zero-order chi connectivity index (χ0) is 17.6. The summed E-state index contributed by atoms with van der Waals surface area (Å²) in [6, 6.07) is 9.30. The monoisotopic (exact) mass is 336 g/mol. The minimum absolute atomic E-state index is 0.147. The van der Waals surface area contributed by atoms with Crippen molar-refractivity contribution in [2.75, 3.05) is 5.32 Å². The summed E-state index contributed by atoms with van der Waals surface area (Å²) in [5.74, 6) is 0.475. The number of nitrogens with zero attached hydrogens (tertiary/aromatic N) is 3. The smallest absolute Gasteiger partial charge is 0.252 e. The van der Waals surface area contributed by atoms with Crippen molar-refractivity contribution in [3.63, 3.8) is 0 Å². The number of carbonyl (C=O) groups excluding carboxylic acids is 1. The fraction of sp³-hybridized carbons (Fsp3) is 0.222. The molecule has 3 rings (SSSR count). The number of rotatable bonds is 6. The van der Waals surface area contributed by atoms with E-state index in [2.05, 4.69) is 30.8 Å². The quantitative estimate of drug-likeness (QED) is 0.643. The molecule has 3 N–H and O–H groups in total. The molecule has 7 nitrogen and oxygen atoms in total. The lowest BCUT2D eigenvalue weighted by Crippen LogP contribution is -2.28. The lowest BCUT2D eigenvalue weighted by atomic mass is 10.1. The van der Waals surface area contributed by atoms with Crippen molar-refractivity contribution in [1.82, 2.24) is 25.5 Å². The van der Waals surface area contributed by atoms with Gasteiger partial charge in [0.1, 0.15) is 12.2 Å². The van der Waals surface area contributed by atoms with Gasteiger partial charge in [0.25, 0.3) is 5.91 Å². The van der Waals surface area contributed by atoms with Gasteiger partial charge in [-0.3, -0.25) is 14.9 Å². The van der Waals surface area contributed by atoms with Gasteiger partial charge in [0.05, 0.1) is 6.04 Å². The topological polar surface area (TPSA) is 95.6 Å². The number of benzene rings is 1. The summed E-state index contributed by atoms with van der Waals surface area (Å²) in [7, 11) is 0. The van der Waals surface area contributed by atoms with Crippen molar-refractivity contribution in [2.24, 2.45) is 0 Å². The van der Waals surface area contributed by atoms with Gasteiger partial charge in [0.15, 0.2) is 0 Å². The Labute approximate surface area is 145 Å². The number of nitrogens with one attached hydrogen (secondary N) is 3. The molecule has 1 atom stereocenters. The largest absolute Gasteiger partial charge is 0.381 e. The highest BCUT2D eigenvalue weighted by Crippen LogP contribution is 2.20. The predicted octanol–water partition coefficient (Wildman–Crippen LogP) is 2.61. The number of aromatic amines is 1. The fourth-order valence-corrected chi connectivity index (χ4v) is 2.54. The maximum Gasteiger partial charge on any atom is 0.252 e. The summed E-state index contributed by atoms with van der Waals surface area (Å²) >= 11 is 0. The van der Waals surface area contributed by atoms with Gasteiger partial charge >= 0.3 is 0 Å². The van der Waals surface area contributed by atoms with E-state index >= 15 is 0 Å². The standard InChI is InChI=1S/C18H20N6O/c1-12-15(18(25)23-13(2)17-21-11-22-24-17)6-3-7-16(12)20-10-14-5-4-8-19-9-14/h3-9,11,13,20H,10H2,1-2H3,(H,23,25)(H,21,22,24). The lowest BCUT2D eigenvalue weighted by Gasteiger charge is -2.15. The molecule has 0 fully saturated rings. The Morgan fingerprint density at radius 2 is 2.16 bits per heavy atom. The number of pyridine rings is 1. The molecule has 25 heavy (non-hydrogen) atoms. The van der Waals surface area contributed by atoms with Gasteiger partial charge in [0.2, 0.25) is 0 Å². The number of amides is 1. The van der Waals surface area contributed by atoms with Gasteiger partial charge in [-0.25, -0.2) is 4.98 Å². The summed E-state index contributed by atoms with van der Waals surface area (Å²) < 4.78 is 0. The van der Waals surface area contributed by atoms with Crippen LogP contribution >= 0.6 is 0 Å². The maximum absolute atomic E-state index is 12.6. The highest BCUT2D eigenvalue weighted by molar-refractivity contribution is 5.97. The fourth-order valence-electron chi connectivity index (χ4n) is 2.54. The summed E-state index contributed by atoms with van der Waals surface area (Å²) in [6.07, 6.45) is 4.99. The van der Waals surface area contributed by atoms with Gasteiger partial charge in [-0.05, 0) is 43.2 Å². The molecule has 0 aliphatic rings. The number of hydrogen-bond acceptors (Lipinski definition) is 5. The summed E-state index contributed by atoms with van der Waals surface area (Å²) in [5.41, 5.74) is 3.52. The zero-order valence-corrected chi connectivity index (χ0v) is 14.2. The van der Waals surface area contributed by atoms with E-state index in [-0.39, 0.29) is 11.9 Å². The van der Waals surface area contributed by atoms with Crippen LogP contribution in [0.15, 0.2) is 49.1 Å². The van der Waals surface area contributed by atoms with Crippen molar-refractivity contribution < 1.29 is 4.79 Å². The predicted molar refractivity (Wildman–Crippen MR) is 95.0 cm³/mol. The van der Waals surface area contributed by atoms with Crippen LogP contribution in [0.1, 0.15) is 40.3 Å². The van der Waals surface area contributed by atoms with E-state index in [9.17, 15) is 4.79 Å². The Morgan fingerprint density at radius 3 is 2.88 bits per heavy atom. The van der Waals surface area contributed by atoms with E-state index in [4.69, 9.17) is 0 Å². The highest BCUT2D eigenvalue weighted by Gasteiger charge is 2.16. The molecule has 2 heterocycles. The van der Waals surface area contributed by atoms with E-state index in [0.717, 1.165) is 16.8 Å². The Balaban J connectivity index is 1.70. The molecule has 1 unspecified atom stereocenters. The van der Waals surface area contributed by atoms with Crippen LogP contribution in [0.2, 0.25) is 0 Å². The van der Waals surface area contributed by atoms with Crippen molar-refractivity contribution in [3.05, 3.63) is 71.6 Å². The van der Waals surface area contributed by atoms with E-state index in [1.54, 1.807) is 6.20 Å². The molecule has 3 aromatic rings. The van der Waals surface area contributed by atoms with Crippen molar-refractivity contribution in [3.8, 4) is 0 Å². The van der Waals surface area contributed by atoms with Crippen LogP contribution in [0.4, 0.5) is 5.69 Å². The minimum atomic E-state index is -0.249. The van der Waals surface area contributed by atoms with Gasteiger partial charge in [0, 0.05) is 30.2 Å². The van der Waals surface area contributed by atoms with Crippen LogP contribution in [-0.4, -0.2) is 26.1 Å². The van der Waals surface area contributed by atoms with Crippen LogP contribution in [0.3, 0.4) is 0 Å². The molecule has 0 bridgehead atoms. The molecule has 0 radical (unpaired) electrons. The van der Waals surface area contributed by atoms with E-state index in [1.165, 1.54) is 6.33 Å². The molecule has 1 aromatic carbocycles. The number of H-pyrrole nitrogens is 1. The molecule has 7 heteroatoms. The first kappa shape index (κ1) is 16.6. The number of hydrogen-bond donors (Lipinski definition) is 3. The molecular formula is C18H20N6O. The molecule has 0 saturated heterocycles. The lowest BCUT2D eigenvalue weighted by molar-refractivity contribution is 0.0938. The maximum atomic E-state index is 12.6. The second kappa shape index (κ2) is 7.57. The molecule has 2 aromatic heterocycles. The van der Waals surface area contributed by atoms with Crippen LogP contribution in [0.5, 0.6) is 0 Å². The molecular weight excluding hydrogens is 316 g/mol. The minimum Gasteiger partial charge on any atom is -0.381 e. The number of aromatic nitrogens is 4. The molecule has 128 valence electrons. The molecule has 0 spiro atoms. The molecule has 0 saturated carbocycles. The summed E-state index contributed by atoms with van der Waals surface area (Å²) in [5, 5.41) is 12.9.